The molecular formula is C14H25NO4. The number of carboxylic acid groups (broad SMARTS) is 1. The van der Waals surface area contributed by atoms with E-state index in [0.717, 1.165) is 25.7 Å². The second-order valence-electron chi connectivity index (χ2n) is 6.25. The Morgan fingerprint density at radius 2 is 2.00 bits per heavy atom. The van der Waals surface area contributed by atoms with Crippen molar-refractivity contribution in [3.63, 3.8) is 0 Å². The second kappa shape index (κ2) is 5.80. The summed E-state index contributed by atoms with van der Waals surface area (Å²) >= 11 is 0. The molecule has 0 aliphatic heterocycles. The van der Waals surface area contributed by atoms with E-state index in [4.69, 9.17) is 4.74 Å². The van der Waals surface area contributed by atoms with Crippen molar-refractivity contribution in [3.05, 3.63) is 0 Å². The summed E-state index contributed by atoms with van der Waals surface area (Å²) in [5.41, 5.74) is -1.80. The van der Waals surface area contributed by atoms with Gasteiger partial charge in [-0.2, -0.15) is 0 Å². The Bertz CT molecular complexity index is 348. The van der Waals surface area contributed by atoms with E-state index in [1.807, 2.05) is 6.92 Å². The van der Waals surface area contributed by atoms with Crippen molar-refractivity contribution in [2.45, 2.75) is 70.9 Å². The number of carboxylic acids is 1. The van der Waals surface area contributed by atoms with E-state index in [-0.39, 0.29) is 5.92 Å². The molecule has 5 nitrogen and oxygen atoms in total. The highest BCUT2D eigenvalue weighted by molar-refractivity contribution is 5.85. The van der Waals surface area contributed by atoms with Gasteiger partial charge in [0.1, 0.15) is 11.1 Å². The van der Waals surface area contributed by atoms with Crippen molar-refractivity contribution in [3.8, 4) is 0 Å². The van der Waals surface area contributed by atoms with Crippen molar-refractivity contribution in [2.75, 3.05) is 0 Å². The molecule has 110 valence electrons. The van der Waals surface area contributed by atoms with Gasteiger partial charge in [-0.05, 0) is 39.5 Å². The van der Waals surface area contributed by atoms with Gasteiger partial charge in [0.2, 0.25) is 0 Å². The fraction of sp³-hybridized carbons (Fsp3) is 0.857. The summed E-state index contributed by atoms with van der Waals surface area (Å²) in [5, 5.41) is 12.2. The first-order valence-corrected chi connectivity index (χ1v) is 6.96. The van der Waals surface area contributed by atoms with Crippen LogP contribution in [0.15, 0.2) is 0 Å². The fourth-order valence-corrected chi connectivity index (χ4v) is 2.78. The highest BCUT2D eigenvalue weighted by Crippen LogP contribution is 2.36. The number of carbonyl (C=O) groups is 2. The van der Waals surface area contributed by atoms with Gasteiger partial charge in [-0.25, -0.2) is 9.59 Å². The minimum absolute atomic E-state index is 0.0359. The normalized spacial score (nSPS) is 27.7. The first kappa shape index (κ1) is 15.8. The average Bonchev–Trinajstić information content (AvgIpc) is 2.26. The minimum Gasteiger partial charge on any atom is -0.479 e. The molecule has 0 aromatic heterocycles. The number of amides is 1. The summed E-state index contributed by atoms with van der Waals surface area (Å²) in [4.78, 5) is 23.6. The van der Waals surface area contributed by atoms with Gasteiger partial charge < -0.3 is 15.2 Å². The Balaban J connectivity index is 2.87. The Morgan fingerprint density at radius 1 is 1.37 bits per heavy atom. The van der Waals surface area contributed by atoms with Gasteiger partial charge in [0.15, 0.2) is 0 Å². The van der Waals surface area contributed by atoms with E-state index < -0.39 is 23.2 Å². The zero-order valence-corrected chi connectivity index (χ0v) is 12.3. The van der Waals surface area contributed by atoms with E-state index in [1.54, 1.807) is 20.8 Å². The van der Waals surface area contributed by atoms with Crippen molar-refractivity contribution in [1.29, 1.82) is 0 Å². The van der Waals surface area contributed by atoms with Gasteiger partial charge in [0.05, 0.1) is 0 Å². The zero-order chi connectivity index (χ0) is 14.7. The number of aliphatic carboxylic acids is 1. The van der Waals surface area contributed by atoms with Crippen LogP contribution in [0.3, 0.4) is 0 Å². The van der Waals surface area contributed by atoms with Gasteiger partial charge in [0, 0.05) is 0 Å². The average molecular weight is 271 g/mol. The molecule has 0 spiro atoms. The number of nitrogens with one attached hydrogen (secondary N) is 1. The van der Waals surface area contributed by atoms with Crippen LogP contribution in [-0.2, 0) is 9.53 Å². The van der Waals surface area contributed by atoms with Crippen LogP contribution in [-0.4, -0.2) is 28.3 Å². The third-order valence-corrected chi connectivity index (χ3v) is 3.67. The van der Waals surface area contributed by atoms with E-state index in [9.17, 15) is 14.7 Å². The predicted octanol–water partition coefficient (Wildman–Crippen LogP) is 2.93. The molecule has 1 aliphatic rings. The summed E-state index contributed by atoms with van der Waals surface area (Å²) in [7, 11) is 0. The second-order valence-corrected chi connectivity index (χ2v) is 6.25. The van der Waals surface area contributed by atoms with Gasteiger partial charge in [-0.1, -0.05) is 26.2 Å². The third kappa shape index (κ3) is 3.85. The number of rotatable bonds is 3. The van der Waals surface area contributed by atoms with Crippen LogP contribution in [0.2, 0.25) is 0 Å². The fourth-order valence-electron chi connectivity index (χ4n) is 2.78. The van der Waals surface area contributed by atoms with Gasteiger partial charge in [0.25, 0.3) is 0 Å². The summed E-state index contributed by atoms with van der Waals surface area (Å²) in [6.07, 6.45) is 3.23. The van der Waals surface area contributed by atoms with Crippen molar-refractivity contribution in [1.82, 2.24) is 5.32 Å². The standard InChI is InChI=1S/C14H25NO4/c1-5-10-8-6-7-9-14(10,11(16)17)15-12(18)19-13(2,3)4/h10H,5-9H2,1-4H3,(H,15,18)(H,16,17)/t10-,14-/m0/s1. The predicted molar refractivity (Wildman–Crippen MR) is 72.0 cm³/mol. The SMILES string of the molecule is CC[C@H]1CCCC[C@@]1(NC(=O)OC(C)(C)C)C(=O)O. The van der Waals surface area contributed by atoms with Gasteiger partial charge >= 0.3 is 12.1 Å². The lowest BCUT2D eigenvalue weighted by atomic mass is 9.71. The quantitative estimate of drug-likeness (QED) is 0.827. The topological polar surface area (TPSA) is 75.6 Å². The van der Waals surface area contributed by atoms with Crippen LogP contribution in [0, 0.1) is 5.92 Å². The van der Waals surface area contributed by atoms with E-state index in [0.29, 0.717) is 6.42 Å². The van der Waals surface area contributed by atoms with E-state index in [1.165, 1.54) is 0 Å². The molecule has 0 aromatic carbocycles. The molecule has 2 atom stereocenters. The molecule has 1 amide bonds. The monoisotopic (exact) mass is 271 g/mol. The Hall–Kier alpha value is -1.26. The first-order chi connectivity index (χ1) is 8.71. The zero-order valence-electron chi connectivity index (χ0n) is 12.3. The molecule has 2 N–H and O–H groups in total. The summed E-state index contributed by atoms with van der Waals surface area (Å²) in [6.45, 7) is 7.25. The lowest BCUT2D eigenvalue weighted by Crippen LogP contribution is -2.61. The molecule has 0 heterocycles. The lowest BCUT2D eigenvalue weighted by molar-refractivity contribution is -0.149. The minimum atomic E-state index is -1.17. The maximum absolute atomic E-state index is 11.9. The molecule has 0 radical (unpaired) electrons. The number of ether oxygens (including phenoxy) is 1. The molecule has 1 aliphatic carbocycles. The molecule has 1 rings (SSSR count). The van der Waals surface area contributed by atoms with Crippen LogP contribution in [0.4, 0.5) is 4.79 Å². The van der Waals surface area contributed by atoms with Gasteiger partial charge in [-0.15, -0.1) is 0 Å². The maximum atomic E-state index is 11.9. The van der Waals surface area contributed by atoms with Gasteiger partial charge in [-0.3, -0.25) is 0 Å². The van der Waals surface area contributed by atoms with Crippen molar-refractivity contribution >= 4 is 12.1 Å². The number of hydrogen-bond donors (Lipinski definition) is 2. The smallest absolute Gasteiger partial charge is 0.408 e. The number of carbonyl (C=O) groups excluding carboxylic acids is 1. The Labute approximate surface area is 114 Å². The number of hydrogen-bond acceptors (Lipinski definition) is 3. The van der Waals surface area contributed by atoms with Crippen LogP contribution in [0.5, 0.6) is 0 Å². The van der Waals surface area contributed by atoms with Crippen molar-refractivity contribution in [2.24, 2.45) is 5.92 Å². The molecule has 0 bridgehead atoms. The Morgan fingerprint density at radius 3 is 2.47 bits per heavy atom. The summed E-state index contributed by atoms with van der Waals surface area (Å²) in [5.74, 6) is -0.990. The van der Waals surface area contributed by atoms with Crippen molar-refractivity contribution < 1.29 is 19.4 Å². The van der Waals surface area contributed by atoms with Crippen LogP contribution < -0.4 is 5.32 Å². The van der Waals surface area contributed by atoms with Crippen LogP contribution >= 0.6 is 0 Å². The molecular weight excluding hydrogens is 246 g/mol. The van der Waals surface area contributed by atoms with Crippen LogP contribution in [0.25, 0.3) is 0 Å². The molecule has 0 unspecified atom stereocenters. The summed E-state index contributed by atoms with van der Waals surface area (Å²) < 4.78 is 5.20. The molecule has 19 heavy (non-hydrogen) atoms. The van der Waals surface area contributed by atoms with E-state index >= 15 is 0 Å². The first-order valence-electron chi connectivity index (χ1n) is 6.96. The molecule has 0 aromatic rings. The van der Waals surface area contributed by atoms with Crippen LogP contribution in [0.1, 0.15) is 59.8 Å². The maximum Gasteiger partial charge on any atom is 0.408 e. The summed E-state index contributed by atoms with van der Waals surface area (Å²) in [6, 6.07) is 0. The highest BCUT2D eigenvalue weighted by Gasteiger charge is 2.48. The lowest BCUT2D eigenvalue weighted by Gasteiger charge is -2.41. The highest BCUT2D eigenvalue weighted by atomic mass is 16.6. The largest absolute Gasteiger partial charge is 0.479 e. The number of alkyl carbamates (subject to hydrolysis) is 1. The van der Waals surface area contributed by atoms with E-state index in [2.05, 4.69) is 5.32 Å². The molecule has 1 fully saturated rings. The Kier molecular flexibility index (Phi) is 4.82. The molecule has 0 saturated heterocycles. The molecule has 5 heteroatoms. The third-order valence-electron chi connectivity index (χ3n) is 3.67. The molecule has 1 saturated carbocycles.